The lowest BCUT2D eigenvalue weighted by Gasteiger charge is -2.31. The second-order valence-corrected chi connectivity index (χ2v) is 9.64. The number of hydrogen-bond acceptors (Lipinski definition) is 7. The highest BCUT2D eigenvalue weighted by Gasteiger charge is 2.18. The summed E-state index contributed by atoms with van der Waals surface area (Å²) in [6.07, 6.45) is 4.03. The smallest absolute Gasteiger partial charge is 0.248 e. The highest BCUT2D eigenvalue weighted by Crippen LogP contribution is 2.37. The molecule has 1 saturated heterocycles. The number of nitrogens with zero attached hydrogens (tertiary/aromatic N) is 4. The predicted molar refractivity (Wildman–Crippen MR) is 153 cm³/mol. The van der Waals surface area contributed by atoms with E-state index in [0.717, 1.165) is 38.4 Å². The molecule has 1 aliphatic rings. The zero-order valence-corrected chi connectivity index (χ0v) is 22.8. The number of aryl methyl sites for hydroxylation is 1. The third-order valence-corrected chi connectivity index (χ3v) is 6.72. The molecule has 2 heterocycles. The van der Waals surface area contributed by atoms with Crippen LogP contribution in [0.5, 0.6) is 5.75 Å². The molecule has 1 aliphatic heterocycles. The molecule has 1 aromatic heterocycles. The molecule has 4 rings (SSSR count). The number of nitrogens with one attached hydrogen (secondary N) is 2. The van der Waals surface area contributed by atoms with E-state index in [1.54, 1.807) is 18.2 Å². The van der Waals surface area contributed by atoms with Gasteiger partial charge in [0.15, 0.2) is 0 Å². The first-order valence-electron chi connectivity index (χ1n) is 12.9. The van der Waals surface area contributed by atoms with Gasteiger partial charge in [0.05, 0.1) is 34.8 Å². The average Bonchev–Trinajstić information content (AvgIpc) is 2.90. The Balaban J connectivity index is 1.68. The highest BCUT2D eigenvalue weighted by molar-refractivity contribution is 6.30. The molecule has 2 N–H and O–H groups in total. The number of carbonyl (C=O) groups excluding carboxylic acids is 1. The average molecular weight is 533 g/mol. The van der Waals surface area contributed by atoms with Crippen molar-refractivity contribution in [2.45, 2.75) is 20.3 Å². The molecule has 1 amide bonds. The largest absolute Gasteiger partial charge is 0.492 e. The summed E-state index contributed by atoms with van der Waals surface area (Å²) in [6, 6.07) is 13.2. The molecule has 3 aromatic rings. The van der Waals surface area contributed by atoms with Gasteiger partial charge in [-0.2, -0.15) is 5.26 Å². The van der Waals surface area contributed by atoms with Gasteiger partial charge >= 0.3 is 0 Å². The molecule has 0 bridgehead atoms. The number of halogens is 1. The van der Waals surface area contributed by atoms with Crippen LogP contribution in [0.4, 0.5) is 17.1 Å². The van der Waals surface area contributed by atoms with Gasteiger partial charge in [-0.1, -0.05) is 30.7 Å². The second kappa shape index (κ2) is 12.7. The third kappa shape index (κ3) is 6.62. The molecular weight excluding hydrogens is 500 g/mol. The van der Waals surface area contributed by atoms with Crippen molar-refractivity contribution >= 4 is 45.5 Å². The van der Waals surface area contributed by atoms with Crippen molar-refractivity contribution in [3.8, 4) is 11.8 Å². The van der Waals surface area contributed by atoms with E-state index < -0.39 is 0 Å². The van der Waals surface area contributed by atoms with Gasteiger partial charge in [0, 0.05) is 61.0 Å². The lowest BCUT2D eigenvalue weighted by molar-refractivity contribution is -0.111. The zero-order valence-electron chi connectivity index (χ0n) is 22.1. The molecule has 0 radical (unpaired) electrons. The standard InChI is InChI=1S/C29H33ClN6O2/c1-4-24-23(19-31)29(32-21-9-6-8-20(30)16-21)22-17-26(27(38-5-2)18-25(22)33-24)34-28(37)10-7-11-36-14-12-35(3)13-15-36/h6-10,16-18H,4-5,11-15H2,1-3H3,(H,32,33)(H,34,37)/b10-7+. The number of anilines is 3. The number of piperazine rings is 1. The van der Waals surface area contributed by atoms with Gasteiger partial charge in [0.25, 0.3) is 0 Å². The Bertz CT molecular complexity index is 1380. The summed E-state index contributed by atoms with van der Waals surface area (Å²) in [6.45, 7) is 9.03. The summed E-state index contributed by atoms with van der Waals surface area (Å²) in [5, 5.41) is 17.6. The normalized spacial score (nSPS) is 14.5. The lowest BCUT2D eigenvalue weighted by atomic mass is 10.0. The first kappa shape index (κ1) is 27.4. The molecule has 8 nitrogen and oxygen atoms in total. The summed E-state index contributed by atoms with van der Waals surface area (Å²) in [4.78, 5) is 22.2. The molecule has 198 valence electrons. The Labute approximate surface area is 228 Å². The summed E-state index contributed by atoms with van der Waals surface area (Å²) >= 11 is 6.20. The Hall–Kier alpha value is -3.64. The fourth-order valence-electron chi connectivity index (χ4n) is 4.45. The van der Waals surface area contributed by atoms with Gasteiger partial charge in [0.1, 0.15) is 11.8 Å². The minimum absolute atomic E-state index is 0.248. The number of fused-ring (bicyclic) bond motifs is 1. The van der Waals surface area contributed by atoms with Crippen LogP contribution in [0.1, 0.15) is 25.1 Å². The van der Waals surface area contributed by atoms with Gasteiger partial charge in [0.2, 0.25) is 5.91 Å². The first-order valence-corrected chi connectivity index (χ1v) is 13.2. The van der Waals surface area contributed by atoms with Crippen LogP contribution in [0.25, 0.3) is 10.9 Å². The molecule has 0 saturated carbocycles. The van der Waals surface area contributed by atoms with Crippen molar-refractivity contribution in [3.05, 3.63) is 64.8 Å². The fraction of sp³-hybridized carbons (Fsp3) is 0.345. The van der Waals surface area contributed by atoms with Gasteiger partial charge < -0.3 is 20.3 Å². The Morgan fingerprint density at radius 1 is 1.21 bits per heavy atom. The van der Waals surface area contributed by atoms with Crippen molar-refractivity contribution in [1.29, 1.82) is 5.26 Å². The maximum Gasteiger partial charge on any atom is 0.248 e. The van der Waals surface area contributed by atoms with Crippen molar-refractivity contribution in [2.24, 2.45) is 0 Å². The number of rotatable bonds is 9. The second-order valence-electron chi connectivity index (χ2n) is 9.20. The third-order valence-electron chi connectivity index (χ3n) is 6.49. The number of carbonyl (C=O) groups is 1. The van der Waals surface area contributed by atoms with E-state index in [-0.39, 0.29) is 5.91 Å². The fourth-order valence-corrected chi connectivity index (χ4v) is 4.64. The van der Waals surface area contributed by atoms with Crippen molar-refractivity contribution in [3.63, 3.8) is 0 Å². The number of nitriles is 1. The van der Waals surface area contributed by atoms with Crippen LogP contribution in [0, 0.1) is 11.3 Å². The Morgan fingerprint density at radius 3 is 2.68 bits per heavy atom. The molecule has 9 heteroatoms. The molecule has 38 heavy (non-hydrogen) atoms. The van der Waals surface area contributed by atoms with Crippen molar-refractivity contribution < 1.29 is 9.53 Å². The molecule has 0 atom stereocenters. The summed E-state index contributed by atoms with van der Waals surface area (Å²) in [7, 11) is 2.12. The van der Waals surface area contributed by atoms with Crippen LogP contribution in [-0.2, 0) is 11.2 Å². The maximum absolute atomic E-state index is 12.9. The van der Waals surface area contributed by atoms with Gasteiger partial charge in [-0.05, 0) is 44.7 Å². The van der Waals surface area contributed by atoms with E-state index in [0.29, 0.717) is 57.3 Å². The van der Waals surface area contributed by atoms with E-state index in [9.17, 15) is 10.1 Å². The number of benzene rings is 2. The van der Waals surface area contributed by atoms with Crippen LogP contribution in [0.3, 0.4) is 0 Å². The number of pyridine rings is 1. The quantitative estimate of drug-likeness (QED) is 0.365. The zero-order chi connectivity index (χ0) is 27.1. The Kier molecular flexibility index (Phi) is 9.19. The monoisotopic (exact) mass is 532 g/mol. The molecule has 1 fully saturated rings. The van der Waals surface area contributed by atoms with E-state index in [1.807, 2.05) is 44.2 Å². The van der Waals surface area contributed by atoms with Crippen molar-refractivity contribution in [1.82, 2.24) is 14.8 Å². The van der Waals surface area contributed by atoms with Crippen LogP contribution in [0.2, 0.25) is 5.02 Å². The molecular formula is C29H33ClN6O2. The molecule has 0 unspecified atom stereocenters. The van der Waals surface area contributed by atoms with Crippen LogP contribution in [-0.4, -0.2) is 67.1 Å². The number of likely N-dealkylation sites (N-methyl/N-ethyl adjacent to an activating group) is 1. The van der Waals surface area contributed by atoms with Gasteiger partial charge in [-0.15, -0.1) is 0 Å². The molecule has 0 spiro atoms. The number of aromatic nitrogens is 1. The van der Waals surface area contributed by atoms with E-state index in [4.69, 9.17) is 21.3 Å². The predicted octanol–water partition coefficient (Wildman–Crippen LogP) is 5.21. The topological polar surface area (TPSA) is 93.5 Å². The maximum atomic E-state index is 12.9. The SMILES string of the molecule is CCOc1cc2nc(CC)c(C#N)c(Nc3cccc(Cl)c3)c2cc1NC(=O)/C=C/CN1CCN(C)CC1. The van der Waals surface area contributed by atoms with E-state index in [1.165, 1.54) is 0 Å². The number of ether oxygens (including phenoxy) is 1. The van der Waals surface area contributed by atoms with Gasteiger partial charge in [-0.25, -0.2) is 0 Å². The van der Waals surface area contributed by atoms with Crippen LogP contribution >= 0.6 is 11.6 Å². The molecule has 0 aliphatic carbocycles. The first-order chi connectivity index (χ1) is 18.4. The van der Waals surface area contributed by atoms with Gasteiger partial charge in [-0.3, -0.25) is 14.7 Å². The van der Waals surface area contributed by atoms with Crippen LogP contribution < -0.4 is 15.4 Å². The van der Waals surface area contributed by atoms with E-state index >= 15 is 0 Å². The summed E-state index contributed by atoms with van der Waals surface area (Å²) in [5.41, 5.74) is 3.66. The Morgan fingerprint density at radius 2 is 2.00 bits per heavy atom. The minimum atomic E-state index is -0.248. The van der Waals surface area contributed by atoms with E-state index in [2.05, 4.69) is 33.6 Å². The highest BCUT2D eigenvalue weighted by atomic mass is 35.5. The number of hydrogen-bond donors (Lipinski definition) is 2. The summed E-state index contributed by atoms with van der Waals surface area (Å²) in [5.74, 6) is 0.274. The van der Waals surface area contributed by atoms with Crippen LogP contribution in [0.15, 0.2) is 48.6 Å². The lowest BCUT2D eigenvalue weighted by Crippen LogP contribution is -2.44. The minimum Gasteiger partial charge on any atom is -0.492 e. The summed E-state index contributed by atoms with van der Waals surface area (Å²) < 4.78 is 5.87. The number of amides is 1. The molecule has 2 aromatic carbocycles. The van der Waals surface area contributed by atoms with Crippen molar-refractivity contribution in [2.75, 3.05) is 57.0 Å².